The van der Waals surface area contributed by atoms with Crippen molar-refractivity contribution in [3.05, 3.63) is 36.1 Å². The third-order valence-electron chi connectivity index (χ3n) is 2.19. The van der Waals surface area contributed by atoms with Gasteiger partial charge in [0.05, 0.1) is 12.3 Å². The number of nitrogens with two attached hydrogens (primary N) is 1. The van der Waals surface area contributed by atoms with Crippen molar-refractivity contribution in [1.82, 2.24) is 9.97 Å². The molecule has 2 N–H and O–H groups in total. The van der Waals surface area contributed by atoms with E-state index in [0.29, 0.717) is 0 Å². The summed E-state index contributed by atoms with van der Waals surface area (Å²) in [6, 6.07) is 1.56. The zero-order chi connectivity index (χ0) is 9.80. The third kappa shape index (κ3) is 1.90. The Bertz CT molecular complexity index is 323. The smallest absolute Gasteiger partial charge is 0.115 e. The Morgan fingerprint density at radius 2 is 2.43 bits per heavy atom. The summed E-state index contributed by atoms with van der Waals surface area (Å²) >= 11 is 0. The van der Waals surface area contributed by atoms with E-state index in [1.807, 2.05) is 12.1 Å². The molecule has 0 saturated carbocycles. The molecular weight excluding hydrogens is 178 g/mol. The highest BCUT2D eigenvalue weighted by Crippen LogP contribution is 2.21. The lowest BCUT2D eigenvalue weighted by Gasteiger charge is -2.19. The number of ether oxygens (including phenoxy) is 1. The van der Waals surface area contributed by atoms with Gasteiger partial charge in [-0.05, 0) is 25.0 Å². The predicted molar refractivity (Wildman–Crippen MR) is 52.2 cm³/mol. The molecule has 0 spiro atoms. The van der Waals surface area contributed by atoms with Gasteiger partial charge in [0.2, 0.25) is 0 Å². The molecule has 2 heterocycles. The topological polar surface area (TPSA) is 61.0 Å². The van der Waals surface area contributed by atoms with Crippen LogP contribution in [0.3, 0.4) is 0 Å². The number of nitrogens with zero attached hydrogens (tertiary/aromatic N) is 2. The maximum atomic E-state index is 5.99. The Labute approximate surface area is 82.8 Å². The van der Waals surface area contributed by atoms with Gasteiger partial charge in [-0.15, -0.1) is 0 Å². The van der Waals surface area contributed by atoms with Gasteiger partial charge in [0.15, 0.2) is 0 Å². The summed E-state index contributed by atoms with van der Waals surface area (Å²) < 4.78 is 5.47. The van der Waals surface area contributed by atoms with Crippen molar-refractivity contribution in [3.8, 4) is 0 Å². The fraction of sp³-hybridized carbons (Fsp3) is 0.400. The molecule has 0 radical (unpaired) electrons. The minimum absolute atomic E-state index is 0.252. The summed E-state index contributed by atoms with van der Waals surface area (Å²) in [5.41, 5.74) is 6.79. The largest absolute Gasteiger partial charge is 0.496 e. The first kappa shape index (κ1) is 9.15. The lowest BCUT2D eigenvalue weighted by atomic mass is 10.1. The fourth-order valence-corrected chi connectivity index (χ4v) is 1.42. The van der Waals surface area contributed by atoms with E-state index in [2.05, 4.69) is 9.97 Å². The maximum absolute atomic E-state index is 5.99. The van der Waals surface area contributed by atoms with Crippen LogP contribution in [0.1, 0.15) is 24.6 Å². The highest BCUT2D eigenvalue weighted by Gasteiger charge is 2.16. The van der Waals surface area contributed by atoms with Crippen LogP contribution >= 0.6 is 0 Å². The van der Waals surface area contributed by atoms with Crippen molar-refractivity contribution < 1.29 is 4.74 Å². The molecule has 0 amide bonds. The van der Waals surface area contributed by atoms with Gasteiger partial charge in [0.1, 0.15) is 18.1 Å². The highest BCUT2D eigenvalue weighted by atomic mass is 16.5. The summed E-state index contributed by atoms with van der Waals surface area (Å²) in [5.74, 6) is 0.829. The quantitative estimate of drug-likeness (QED) is 0.762. The first-order valence-corrected chi connectivity index (χ1v) is 4.72. The van der Waals surface area contributed by atoms with E-state index in [4.69, 9.17) is 10.5 Å². The van der Waals surface area contributed by atoms with Crippen molar-refractivity contribution in [2.24, 2.45) is 5.73 Å². The van der Waals surface area contributed by atoms with Gasteiger partial charge in [-0.3, -0.25) is 0 Å². The van der Waals surface area contributed by atoms with Gasteiger partial charge in [-0.1, -0.05) is 0 Å². The monoisotopic (exact) mass is 191 g/mol. The van der Waals surface area contributed by atoms with Gasteiger partial charge >= 0.3 is 0 Å². The molecule has 1 aromatic heterocycles. The zero-order valence-electron chi connectivity index (χ0n) is 7.89. The first-order valence-electron chi connectivity index (χ1n) is 4.72. The summed E-state index contributed by atoms with van der Waals surface area (Å²) in [6.07, 6.45) is 7.33. The van der Waals surface area contributed by atoms with Crippen LogP contribution < -0.4 is 5.73 Å². The third-order valence-corrected chi connectivity index (χ3v) is 2.19. The van der Waals surface area contributed by atoms with Crippen molar-refractivity contribution in [2.45, 2.75) is 18.9 Å². The predicted octanol–water partition coefficient (Wildman–Crippen LogP) is 1.17. The molecule has 14 heavy (non-hydrogen) atoms. The summed E-state index contributed by atoms with van der Waals surface area (Å²) in [5, 5.41) is 0. The van der Waals surface area contributed by atoms with E-state index in [-0.39, 0.29) is 6.04 Å². The summed E-state index contributed by atoms with van der Waals surface area (Å²) in [6.45, 7) is 0.755. The van der Waals surface area contributed by atoms with Crippen LogP contribution in [0.2, 0.25) is 0 Å². The number of hydrogen-bond acceptors (Lipinski definition) is 4. The molecule has 4 heteroatoms. The van der Waals surface area contributed by atoms with E-state index in [1.165, 1.54) is 6.33 Å². The van der Waals surface area contributed by atoms with Crippen molar-refractivity contribution >= 4 is 0 Å². The Morgan fingerprint density at radius 3 is 3.07 bits per heavy atom. The van der Waals surface area contributed by atoms with Gasteiger partial charge in [-0.2, -0.15) is 0 Å². The van der Waals surface area contributed by atoms with Crippen LogP contribution in [0, 0.1) is 0 Å². The maximum Gasteiger partial charge on any atom is 0.115 e. The minimum atomic E-state index is -0.252. The summed E-state index contributed by atoms with van der Waals surface area (Å²) in [7, 11) is 0. The number of aromatic nitrogens is 2. The van der Waals surface area contributed by atoms with Crippen LogP contribution in [0.15, 0.2) is 30.4 Å². The molecule has 1 aromatic rings. The molecule has 74 valence electrons. The Balaban J connectivity index is 2.15. The molecule has 4 nitrogen and oxygen atoms in total. The van der Waals surface area contributed by atoms with E-state index in [1.54, 1.807) is 6.20 Å². The fourth-order valence-electron chi connectivity index (χ4n) is 1.42. The lowest BCUT2D eigenvalue weighted by Crippen LogP contribution is -2.18. The minimum Gasteiger partial charge on any atom is -0.496 e. The first-order chi connectivity index (χ1) is 6.88. The SMILES string of the molecule is NC(C1=CCCCO1)c1ccncn1. The second kappa shape index (κ2) is 4.19. The van der Waals surface area contributed by atoms with Crippen LogP contribution in [-0.4, -0.2) is 16.6 Å². The Kier molecular flexibility index (Phi) is 2.74. The molecule has 2 rings (SSSR count). The molecular formula is C10H13N3O. The summed E-state index contributed by atoms with van der Waals surface area (Å²) in [4.78, 5) is 7.94. The Hall–Kier alpha value is -1.42. The lowest BCUT2D eigenvalue weighted by molar-refractivity contribution is 0.175. The van der Waals surface area contributed by atoms with Gasteiger partial charge in [0, 0.05) is 6.20 Å². The molecule has 0 aromatic carbocycles. The number of hydrogen-bond donors (Lipinski definition) is 1. The van der Waals surface area contributed by atoms with Crippen molar-refractivity contribution in [1.29, 1.82) is 0 Å². The van der Waals surface area contributed by atoms with E-state index >= 15 is 0 Å². The molecule has 0 bridgehead atoms. The zero-order valence-corrected chi connectivity index (χ0v) is 7.89. The number of rotatable bonds is 2. The molecule has 1 unspecified atom stereocenters. The molecule has 1 aliphatic rings. The molecule has 0 aliphatic carbocycles. The highest BCUT2D eigenvalue weighted by molar-refractivity contribution is 5.17. The average molecular weight is 191 g/mol. The van der Waals surface area contributed by atoms with Crippen molar-refractivity contribution in [3.63, 3.8) is 0 Å². The Morgan fingerprint density at radius 1 is 1.50 bits per heavy atom. The van der Waals surface area contributed by atoms with Crippen molar-refractivity contribution in [2.75, 3.05) is 6.61 Å². The van der Waals surface area contributed by atoms with Crippen LogP contribution in [-0.2, 0) is 4.74 Å². The number of allylic oxidation sites excluding steroid dienone is 1. The molecule has 0 fully saturated rings. The van der Waals surface area contributed by atoms with E-state index in [0.717, 1.165) is 30.9 Å². The normalized spacial score (nSPS) is 18.2. The average Bonchev–Trinajstić information content (AvgIpc) is 2.30. The van der Waals surface area contributed by atoms with Crippen LogP contribution in [0.5, 0.6) is 0 Å². The van der Waals surface area contributed by atoms with Gasteiger partial charge in [-0.25, -0.2) is 9.97 Å². The molecule has 1 aliphatic heterocycles. The molecule has 0 saturated heterocycles. The second-order valence-electron chi connectivity index (χ2n) is 3.21. The van der Waals surface area contributed by atoms with Gasteiger partial charge in [0.25, 0.3) is 0 Å². The van der Waals surface area contributed by atoms with E-state index in [9.17, 15) is 0 Å². The van der Waals surface area contributed by atoms with Crippen LogP contribution in [0.4, 0.5) is 0 Å². The molecule has 1 atom stereocenters. The second-order valence-corrected chi connectivity index (χ2v) is 3.21. The van der Waals surface area contributed by atoms with Gasteiger partial charge < -0.3 is 10.5 Å². The standard InChI is InChI=1S/C10H13N3O/c11-10(8-4-5-12-7-13-8)9-3-1-2-6-14-9/h3-5,7,10H,1-2,6,11H2. The van der Waals surface area contributed by atoms with E-state index < -0.39 is 0 Å². The van der Waals surface area contributed by atoms with Crippen LogP contribution in [0.25, 0.3) is 0 Å².